The molecule has 4 aromatic rings. The molecule has 0 spiro atoms. The topological polar surface area (TPSA) is 100 Å². The first kappa shape index (κ1) is 21.9. The van der Waals surface area contributed by atoms with Crippen molar-refractivity contribution in [2.24, 2.45) is 0 Å². The van der Waals surface area contributed by atoms with Crippen LogP contribution in [0.25, 0.3) is 33.2 Å². The summed E-state index contributed by atoms with van der Waals surface area (Å²) in [5.74, 6) is -0.0700. The highest BCUT2D eigenvalue weighted by Gasteiger charge is 2.33. The molecule has 32 heavy (non-hydrogen) atoms. The van der Waals surface area contributed by atoms with Gasteiger partial charge in [-0.2, -0.15) is 0 Å². The van der Waals surface area contributed by atoms with Crippen LogP contribution in [0.15, 0.2) is 67.0 Å². The van der Waals surface area contributed by atoms with Crippen LogP contribution >= 0.6 is 0 Å². The maximum absolute atomic E-state index is 12.5. The van der Waals surface area contributed by atoms with Crippen molar-refractivity contribution in [3.05, 3.63) is 78.2 Å². The van der Waals surface area contributed by atoms with Crippen molar-refractivity contribution in [3.63, 3.8) is 0 Å². The molecule has 0 aliphatic heterocycles. The van der Waals surface area contributed by atoms with Crippen molar-refractivity contribution in [2.45, 2.75) is 25.2 Å². The second-order valence-corrected chi connectivity index (χ2v) is 10.9. The normalized spacial score (nSPS) is 12.2. The van der Waals surface area contributed by atoms with Crippen LogP contribution in [0.3, 0.4) is 0 Å². The lowest BCUT2D eigenvalue weighted by Crippen LogP contribution is -2.28. The third kappa shape index (κ3) is 3.85. The molecule has 0 saturated carbocycles. The highest BCUT2D eigenvalue weighted by atomic mass is 32.2. The van der Waals surface area contributed by atoms with Crippen molar-refractivity contribution >= 4 is 20.7 Å². The summed E-state index contributed by atoms with van der Waals surface area (Å²) < 4.78 is 23.9. The lowest BCUT2D eigenvalue weighted by atomic mass is 9.92. The molecule has 0 aliphatic carbocycles. The number of sulfone groups is 1. The van der Waals surface area contributed by atoms with Gasteiger partial charge < -0.3 is 10.2 Å². The van der Waals surface area contributed by atoms with E-state index in [0.29, 0.717) is 11.1 Å². The predicted molar refractivity (Wildman–Crippen MR) is 126 cm³/mol. The minimum atomic E-state index is -3.36. The summed E-state index contributed by atoms with van der Waals surface area (Å²) in [6.07, 6.45) is 4.56. The van der Waals surface area contributed by atoms with E-state index < -0.39 is 14.6 Å². The second-order valence-electron chi connectivity index (χ2n) is 8.31. The minimum absolute atomic E-state index is 0.0700. The first-order valence-electron chi connectivity index (χ1n) is 10.1. The summed E-state index contributed by atoms with van der Waals surface area (Å²) in [7, 11) is -3.36. The number of pyridine rings is 2. The van der Waals surface area contributed by atoms with E-state index in [1.807, 2.05) is 48.5 Å². The molecule has 2 aromatic carbocycles. The number of nitrogens with zero attached hydrogens (tertiary/aromatic N) is 2. The zero-order valence-corrected chi connectivity index (χ0v) is 18.9. The Morgan fingerprint density at radius 3 is 2.38 bits per heavy atom. The standard InChI is InChI=1S/C25H24N2O4S/c1-25(2,32(3,30)31)20-11-18-8-5-9-26-24(18)21(13-20)17-7-4-6-16(10-17)19-12-23(29)22(15-28)27-14-19/h4-14,28-29H,15H2,1-3H3. The molecule has 0 unspecified atom stereocenters. The van der Waals surface area contributed by atoms with Gasteiger partial charge >= 0.3 is 0 Å². The van der Waals surface area contributed by atoms with E-state index in [0.717, 1.165) is 27.6 Å². The molecule has 0 atom stereocenters. The van der Waals surface area contributed by atoms with E-state index in [9.17, 15) is 18.6 Å². The number of hydrogen-bond donors (Lipinski definition) is 2. The molecule has 7 heteroatoms. The van der Waals surface area contributed by atoms with Gasteiger partial charge in [0.15, 0.2) is 9.84 Å². The fraction of sp³-hybridized carbons (Fsp3) is 0.200. The largest absolute Gasteiger partial charge is 0.506 e. The van der Waals surface area contributed by atoms with Crippen LogP contribution in [0.4, 0.5) is 0 Å². The van der Waals surface area contributed by atoms with E-state index in [1.165, 1.54) is 6.26 Å². The SMILES string of the molecule is CC(C)(c1cc(-c2cccc(-c3cnc(CO)c(O)c3)c2)c2ncccc2c1)S(C)(=O)=O. The summed E-state index contributed by atoms with van der Waals surface area (Å²) in [6, 6.07) is 16.8. The van der Waals surface area contributed by atoms with Gasteiger partial charge in [0.05, 0.1) is 16.9 Å². The van der Waals surface area contributed by atoms with E-state index >= 15 is 0 Å². The molecule has 0 fully saturated rings. The number of fused-ring (bicyclic) bond motifs is 1. The number of rotatable bonds is 5. The van der Waals surface area contributed by atoms with Gasteiger partial charge in [-0.25, -0.2) is 8.42 Å². The van der Waals surface area contributed by atoms with Crippen molar-refractivity contribution in [1.82, 2.24) is 9.97 Å². The van der Waals surface area contributed by atoms with Crippen molar-refractivity contribution < 1.29 is 18.6 Å². The Balaban J connectivity index is 1.92. The Kier molecular flexibility index (Phi) is 5.48. The smallest absolute Gasteiger partial charge is 0.156 e. The quantitative estimate of drug-likeness (QED) is 0.468. The third-order valence-electron chi connectivity index (χ3n) is 5.93. The molecule has 164 valence electrons. The van der Waals surface area contributed by atoms with E-state index in [4.69, 9.17) is 0 Å². The minimum Gasteiger partial charge on any atom is -0.506 e. The highest BCUT2D eigenvalue weighted by Crippen LogP contribution is 2.37. The Labute approximate surface area is 187 Å². The number of aliphatic hydroxyl groups is 1. The van der Waals surface area contributed by atoms with Crippen LogP contribution in [0, 0.1) is 0 Å². The van der Waals surface area contributed by atoms with Gasteiger partial charge in [0.2, 0.25) is 0 Å². The summed E-state index contributed by atoms with van der Waals surface area (Å²) in [6.45, 7) is 3.07. The maximum atomic E-state index is 12.5. The monoisotopic (exact) mass is 448 g/mol. The second kappa shape index (κ2) is 8.00. The molecule has 0 radical (unpaired) electrons. The molecule has 4 rings (SSSR count). The van der Waals surface area contributed by atoms with Gasteiger partial charge in [-0.05, 0) is 60.9 Å². The fourth-order valence-corrected chi connectivity index (χ4v) is 4.15. The Hall–Kier alpha value is -3.29. The van der Waals surface area contributed by atoms with Crippen molar-refractivity contribution in [2.75, 3.05) is 6.26 Å². The Morgan fingerprint density at radius 2 is 1.69 bits per heavy atom. The van der Waals surface area contributed by atoms with Gasteiger partial charge in [0.25, 0.3) is 0 Å². The van der Waals surface area contributed by atoms with Gasteiger partial charge in [0, 0.05) is 35.2 Å². The van der Waals surface area contributed by atoms with Gasteiger partial charge in [-0.3, -0.25) is 9.97 Å². The average Bonchev–Trinajstić information content (AvgIpc) is 2.77. The number of hydrogen-bond acceptors (Lipinski definition) is 6. The van der Waals surface area contributed by atoms with E-state index in [2.05, 4.69) is 9.97 Å². The lowest BCUT2D eigenvalue weighted by molar-refractivity contribution is 0.270. The van der Waals surface area contributed by atoms with Crippen LogP contribution < -0.4 is 0 Å². The van der Waals surface area contributed by atoms with Crippen molar-refractivity contribution in [1.29, 1.82) is 0 Å². The molecule has 0 saturated heterocycles. The van der Waals surface area contributed by atoms with Gasteiger partial charge in [-0.1, -0.05) is 24.3 Å². The van der Waals surface area contributed by atoms with Crippen LogP contribution in [-0.2, 0) is 21.2 Å². The number of aromatic nitrogens is 2. The molecular weight excluding hydrogens is 424 g/mol. The fourth-order valence-electron chi connectivity index (χ4n) is 3.60. The molecule has 2 heterocycles. The molecule has 0 bridgehead atoms. The van der Waals surface area contributed by atoms with Crippen LogP contribution in [0.2, 0.25) is 0 Å². The summed E-state index contributed by atoms with van der Waals surface area (Å²) in [5, 5.41) is 20.2. The van der Waals surface area contributed by atoms with Crippen LogP contribution in [0.5, 0.6) is 5.75 Å². The van der Waals surface area contributed by atoms with E-state index in [-0.39, 0.29) is 18.1 Å². The molecule has 0 amide bonds. The first-order valence-corrected chi connectivity index (χ1v) is 12.0. The van der Waals surface area contributed by atoms with Gasteiger partial charge in [0.1, 0.15) is 11.4 Å². The zero-order valence-electron chi connectivity index (χ0n) is 18.1. The summed E-state index contributed by atoms with van der Waals surface area (Å²) in [4.78, 5) is 8.67. The number of aliphatic hydroxyl groups excluding tert-OH is 1. The molecule has 2 aromatic heterocycles. The van der Waals surface area contributed by atoms with Crippen LogP contribution in [0.1, 0.15) is 25.1 Å². The first-order chi connectivity index (χ1) is 15.1. The summed E-state index contributed by atoms with van der Waals surface area (Å²) >= 11 is 0. The van der Waals surface area contributed by atoms with Gasteiger partial charge in [-0.15, -0.1) is 0 Å². The average molecular weight is 449 g/mol. The Bertz CT molecular complexity index is 1430. The molecule has 0 aliphatic rings. The number of aromatic hydroxyl groups is 1. The Morgan fingerprint density at radius 1 is 0.938 bits per heavy atom. The molecule has 2 N–H and O–H groups in total. The van der Waals surface area contributed by atoms with Crippen LogP contribution in [-0.4, -0.2) is 34.9 Å². The summed E-state index contributed by atoms with van der Waals surface area (Å²) in [5.41, 5.74) is 4.89. The lowest BCUT2D eigenvalue weighted by Gasteiger charge is -2.24. The third-order valence-corrected chi connectivity index (χ3v) is 8.02. The molecule has 6 nitrogen and oxygen atoms in total. The van der Waals surface area contributed by atoms with Crippen molar-refractivity contribution in [3.8, 4) is 28.0 Å². The highest BCUT2D eigenvalue weighted by molar-refractivity contribution is 7.91. The predicted octanol–water partition coefficient (Wildman–Crippen LogP) is 4.44. The number of benzene rings is 2. The molecular formula is C25H24N2O4S. The van der Waals surface area contributed by atoms with E-state index in [1.54, 1.807) is 32.3 Å². The zero-order chi connectivity index (χ0) is 23.1. The maximum Gasteiger partial charge on any atom is 0.156 e.